The molecule has 0 aliphatic heterocycles. The predicted molar refractivity (Wildman–Crippen MR) is 57.7 cm³/mol. The summed E-state index contributed by atoms with van der Waals surface area (Å²) >= 11 is 5.93. The molecule has 1 saturated carbocycles. The number of nitrogens with zero attached hydrogens (tertiary/aromatic N) is 1. The maximum absolute atomic E-state index is 13.6. The highest BCUT2D eigenvalue weighted by atomic mass is 35.5. The Bertz CT molecular complexity index is 513. The molecule has 1 aliphatic carbocycles. The van der Waals surface area contributed by atoms with Crippen molar-refractivity contribution >= 4 is 11.6 Å². The van der Waals surface area contributed by atoms with Gasteiger partial charge in [0.05, 0.1) is 16.7 Å². The van der Waals surface area contributed by atoms with Crippen LogP contribution in [0.5, 0.6) is 0 Å². The highest BCUT2D eigenvalue weighted by molar-refractivity contribution is 6.33. The second-order valence-corrected chi connectivity index (χ2v) is 4.30. The largest absolute Gasteiger partial charge is 0.360 e. The van der Waals surface area contributed by atoms with Crippen molar-refractivity contribution in [2.45, 2.75) is 18.8 Å². The first-order chi connectivity index (χ1) is 7.75. The van der Waals surface area contributed by atoms with E-state index in [1.54, 1.807) is 12.1 Å². The molecule has 81 valence electrons. The van der Waals surface area contributed by atoms with Crippen LogP contribution in [0.25, 0.3) is 11.3 Å². The Morgan fingerprint density at radius 2 is 2.25 bits per heavy atom. The second-order valence-electron chi connectivity index (χ2n) is 3.89. The number of halogens is 2. The summed E-state index contributed by atoms with van der Waals surface area (Å²) in [6.07, 6.45) is 2.19. The first kappa shape index (κ1) is 9.85. The lowest BCUT2D eigenvalue weighted by molar-refractivity contribution is 0.386. The average molecular weight is 237 g/mol. The molecule has 4 heteroatoms. The quantitative estimate of drug-likeness (QED) is 0.793. The molecule has 1 fully saturated rings. The van der Waals surface area contributed by atoms with Gasteiger partial charge in [-0.15, -0.1) is 0 Å². The van der Waals surface area contributed by atoms with Gasteiger partial charge in [0.25, 0.3) is 0 Å². The maximum Gasteiger partial charge on any atom is 0.148 e. The minimum atomic E-state index is -0.403. The molecule has 0 saturated heterocycles. The van der Waals surface area contributed by atoms with Crippen LogP contribution in [-0.2, 0) is 0 Å². The molecular weight excluding hydrogens is 229 g/mol. The number of benzene rings is 1. The molecular formula is C12H8ClFNO. The van der Waals surface area contributed by atoms with Crippen molar-refractivity contribution in [3.8, 4) is 11.3 Å². The fourth-order valence-electron chi connectivity index (χ4n) is 1.61. The molecule has 3 rings (SSSR count). The zero-order chi connectivity index (χ0) is 11.1. The predicted octanol–water partition coefficient (Wildman–Crippen LogP) is 3.81. The zero-order valence-electron chi connectivity index (χ0n) is 8.34. The Labute approximate surface area is 97.0 Å². The van der Waals surface area contributed by atoms with Crippen LogP contribution >= 0.6 is 11.6 Å². The standard InChI is InChI=1S/C12H8ClFNO/c13-8-2-1-3-9(14)12(8)10-6-11(16-15-10)7-4-5-7/h1-3,7H,4-5H2. The Hall–Kier alpha value is -1.35. The van der Waals surface area contributed by atoms with Crippen molar-refractivity contribution in [3.05, 3.63) is 40.9 Å². The van der Waals surface area contributed by atoms with Gasteiger partial charge in [0.1, 0.15) is 17.3 Å². The van der Waals surface area contributed by atoms with Crippen LogP contribution in [0.2, 0.25) is 5.02 Å². The van der Waals surface area contributed by atoms with E-state index >= 15 is 0 Å². The molecule has 0 unspecified atom stereocenters. The molecule has 2 aromatic rings. The number of hydrogen-bond donors (Lipinski definition) is 0. The van der Waals surface area contributed by atoms with Crippen LogP contribution in [0.15, 0.2) is 22.7 Å². The van der Waals surface area contributed by atoms with Crippen molar-refractivity contribution in [1.82, 2.24) is 5.16 Å². The zero-order valence-corrected chi connectivity index (χ0v) is 9.09. The SMILES string of the molecule is Fc1cccc(Cl)c1-c1[c]c(C2CC2)on1. The fraction of sp³-hybridized carbons (Fsp3) is 0.250. The normalized spacial score (nSPS) is 15.4. The summed E-state index contributed by atoms with van der Waals surface area (Å²) in [5, 5.41) is 4.14. The molecule has 1 heterocycles. The van der Waals surface area contributed by atoms with E-state index in [-0.39, 0.29) is 5.56 Å². The molecule has 1 aromatic heterocycles. The second kappa shape index (κ2) is 3.59. The van der Waals surface area contributed by atoms with E-state index in [0.717, 1.165) is 12.8 Å². The van der Waals surface area contributed by atoms with Crippen LogP contribution < -0.4 is 0 Å². The van der Waals surface area contributed by atoms with Crippen molar-refractivity contribution < 1.29 is 8.91 Å². The topological polar surface area (TPSA) is 26.0 Å². The summed E-state index contributed by atoms with van der Waals surface area (Å²) in [6.45, 7) is 0. The van der Waals surface area contributed by atoms with Gasteiger partial charge in [0, 0.05) is 5.92 Å². The molecule has 0 N–H and O–H groups in total. The minimum Gasteiger partial charge on any atom is -0.360 e. The summed E-state index contributed by atoms with van der Waals surface area (Å²) in [5.41, 5.74) is 0.616. The van der Waals surface area contributed by atoms with Crippen molar-refractivity contribution in [1.29, 1.82) is 0 Å². The van der Waals surface area contributed by atoms with E-state index in [0.29, 0.717) is 22.4 Å². The van der Waals surface area contributed by atoms with E-state index in [4.69, 9.17) is 16.1 Å². The average Bonchev–Trinajstić information content (AvgIpc) is 2.99. The van der Waals surface area contributed by atoms with Gasteiger partial charge in [0.15, 0.2) is 0 Å². The van der Waals surface area contributed by atoms with Gasteiger partial charge in [-0.1, -0.05) is 22.8 Å². The van der Waals surface area contributed by atoms with Gasteiger partial charge in [-0.3, -0.25) is 0 Å². The van der Waals surface area contributed by atoms with Gasteiger partial charge < -0.3 is 4.52 Å². The van der Waals surface area contributed by atoms with E-state index in [2.05, 4.69) is 11.2 Å². The molecule has 16 heavy (non-hydrogen) atoms. The lowest BCUT2D eigenvalue weighted by Crippen LogP contribution is -1.85. The molecule has 1 aliphatic rings. The third-order valence-electron chi connectivity index (χ3n) is 2.62. The van der Waals surface area contributed by atoms with Gasteiger partial charge >= 0.3 is 0 Å². The third-order valence-corrected chi connectivity index (χ3v) is 2.94. The number of aromatic nitrogens is 1. The van der Waals surface area contributed by atoms with Gasteiger partial charge in [-0.25, -0.2) is 4.39 Å². The summed E-state index contributed by atoms with van der Waals surface area (Å²) in [4.78, 5) is 0. The fourth-order valence-corrected chi connectivity index (χ4v) is 1.86. The van der Waals surface area contributed by atoms with Gasteiger partial charge in [-0.2, -0.15) is 0 Å². The van der Waals surface area contributed by atoms with E-state index in [1.165, 1.54) is 6.07 Å². The van der Waals surface area contributed by atoms with Gasteiger partial charge in [-0.05, 0) is 25.0 Å². The van der Waals surface area contributed by atoms with Crippen LogP contribution in [0.3, 0.4) is 0 Å². The van der Waals surface area contributed by atoms with Crippen LogP contribution in [0, 0.1) is 11.9 Å². The molecule has 0 bridgehead atoms. The molecule has 1 aromatic carbocycles. The van der Waals surface area contributed by atoms with E-state index < -0.39 is 5.82 Å². The minimum absolute atomic E-state index is 0.264. The highest BCUT2D eigenvalue weighted by Crippen LogP contribution is 2.41. The lowest BCUT2D eigenvalue weighted by Gasteiger charge is -1.99. The molecule has 2 nitrogen and oxygen atoms in total. The Balaban J connectivity index is 2.06. The van der Waals surface area contributed by atoms with Crippen molar-refractivity contribution in [3.63, 3.8) is 0 Å². The van der Waals surface area contributed by atoms with Crippen LogP contribution in [0.1, 0.15) is 24.5 Å². The van der Waals surface area contributed by atoms with E-state index in [1.807, 2.05) is 0 Å². The van der Waals surface area contributed by atoms with Crippen molar-refractivity contribution in [2.24, 2.45) is 0 Å². The van der Waals surface area contributed by atoms with Crippen molar-refractivity contribution in [2.75, 3.05) is 0 Å². The summed E-state index contributed by atoms with van der Waals surface area (Å²) in [6, 6.07) is 7.50. The Morgan fingerprint density at radius 1 is 1.44 bits per heavy atom. The molecule has 0 atom stereocenters. The number of rotatable bonds is 2. The Morgan fingerprint density at radius 3 is 2.94 bits per heavy atom. The maximum atomic E-state index is 13.6. The highest BCUT2D eigenvalue weighted by Gasteiger charge is 2.29. The first-order valence-electron chi connectivity index (χ1n) is 5.09. The molecule has 0 spiro atoms. The van der Waals surface area contributed by atoms with E-state index in [9.17, 15) is 4.39 Å². The smallest absolute Gasteiger partial charge is 0.148 e. The lowest BCUT2D eigenvalue weighted by atomic mass is 10.1. The summed E-state index contributed by atoms with van der Waals surface area (Å²) in [7, 11) is 0. The summed E-state index contributed by atoms with van der Waals surface area (Å²) in [5.74, 6) is 0.709. The monoisotopic (exact) mass is 236 g/mol. The number of hydrogen-bond acceptors (Lipinski definition) is 2. The van der Waals surface area contributed by atoms with Crippen LogP contribution in [-0.4, -0.2) is 5.16 Å². The summed E-state index contributed by atoms with van der Waals surface area (Å²) < 4.78 is 18.7. The molecule has 0 amide bonds. The molecule has 1 radical (unpaired) electrons. The van der Waals surface area contributed by atoms with Gasteiger partial charge in [0.2, 0.25) is 0 Å². The first-order valence-corrected chi connectivity index (χ1v) is 5.47. The Kier molecular flexibility index (Phi) is 2.21. The van der Waals surface area contributed by atoms with Crippen LogP contribution in [0.4, 0.5) is 4.39 Å². The third kappa shape index (κ3) is 1.61.